The van der Waals surface area contributed by atoms with Gasteiger partial charge in [0.2, 0.25) is 0 Å². The molecule has 1 aromatic heterocycles. The largest absolute Gasteiger partial charge is 0.354 e. The fourth-order valence-corrected chi connectivity index (χ4v) is 3.40. The minimum atomic E-state index is 0.627. The summed E-state index contributed by atoms with van der Waals surface area (Å²) in [4.78, 5) is 9.54. The number of aromatic nitrogens is 1. The van der Waals surface area contributed by atoms with Crippen LogP contribution in [0.2, 0.25) is 0 Å². The van der Waals surface area contributed by atoms with Gasteiger partial charge in [-0.25, -0.2) is 4.98 Å². The van der Waals surface area contributed by atoms with Crippen LogP contribution >= 0.6 is 0 Å². The van der Waals surface area contributed by atoms with Crippen molar-refractivity contribution in [2.45, 2.75) is 45.3 Å². The van der Waals surface area contributed by atoms with Gasteiger partial charge in [0.15, 0.2) is 0 Å². The maximum atomic E-state index is 4.75. The minimum absolute atomic E-state index is 0.627. The Morgan fingerprint density at radius 3 is 2.67 bits per heavy atom. The molecule has 2 aliphatic rings. The number of hydrogen-bond donors (Lipinski definition) is 1. The van der Waals surface area contributed by atoms with Crippen LogP contribution in [-0.4, -0.2) is 49.2 Å². The molecule has 3 rings (SSSR count). The standard InChI is InChI=1S/C17H28N4/c1-12-7-14(8-18-15-5-6-15)9-19-17(12)21-10-13(2)16(11-21)20(3)4/h7,9,13,15-16,18H,5-6,8,10-11H2,1-4H3. The van der Waals surface area contributed by atoms with E-state index in [1.807, 2.05) is 6.20 Å². The molecule has 0 spiro atoms. The summed E-state index contributed by atoms with van der Waals surface area (Å²) < 4.78 is 0. The molecule has 1 saturated heterocycles. The number of anilines is 1. The molecule has 21 heavy (non-hydrogen) atoms. The van der Waals surface area contributed by atoms with Crippen LogP contribution in [0, 0.1) is 12.8 Å². The monoisotopic (exact) mass is 288 g/mol. The number of rotatable bonds is 5. The van der Waals surface area contributed by atoms with E-state index >= 15 is 0 Å². The first-order chi connectivity index (χ1) is 10.0. The lowest BCUT2D eigenvalue weighted by Gasteiger charge is -2.23. The van der Waals surface area contributed by atoms with Crippen molar-refractivity contribution in [2.24, 2.45) is 5.92 Å². The predicted molar refractivity (Wildman–Crippen MR) is 87.7 cm³/mol. The molecule has 0 aromatic carbocycles. The molecule has 0 radical (unpaired) electrons. The zero-order valence-corrected chi connectivity index (χ0v) is 13.8. The van der Waals surface area contributed by atoms with Gasteiger partial charge in [-0.1, -0.05) is 6.92 Å². The van der Waals surface area contributed by atoms with E-state index in [-0.39, 0.29) is 0 Å². The molecule has 1 saturated carbocycles. The van der Waals surface area contributed by atoms with Gasteiger partial charge in [0.05, 0.1) is 0 Å². The van der Waals surface area contributed by atoms with E-state index in [4.69, 9.17) is 4.98 Å². The smallest absolute Gasteiger partial charge is 0.131 e. The third kappa shape index (κ3) is 3.38. The second-order valence-electron chi connectivity index (χ2n) is 7.05. The summed E-state index contributed by atoms with van der Waals surface area (Å²) in [6.45, 7) is 7.68. The van der Waals surface area contributed by atoms with Crippen LogP contribution in [0.4, 0.5) is 5.82 Å². The minimum Gasteiger partial charge on any atom is -0.354 e. The number of nitrogens with zero attached hydrogens (tertiary/aromatic N) is 3. The molecule has 1 aliphatic carbocycles. The van der Waals surface area contributed by atoms with Crippen molar-refractivity contribution < 1.29 is 0 Å². The first kappa shape index (κ1) is 14.8. The Kier molecular flexibility index (Phi) is 4.18. The van der Waals surface area contributed by atoms with Crippen LogP contribution in [0.5, 0.6) is 0 Å². The van der Waals surface area contributed by atoms with Gasteiger partial charge >= 0.3 is 0 Å². The fourth-order valence-electron chi connectivity index (χ4n) is 3.40. The van der Waals surface area contributed by atoms with Crippen LogP contribution in [0.25, 0.3) is 0 Å². The molecular formula is C17H28N4. The van der Waals surface area contributed by atoms with E-state index in [0.29, 0.717) is 12.0 Å². The molecular weight excluding hydrogens is 260 g/mol. The molecule has 2 heterocycles. The zero-order chi connectivity index (χ0) is 15.0. The number of aryl methyl sites for hydroxylation is 1. The summed E-state index contributed by atoms with van der Waals surface area (Å²) in [7, 11) is 4.36. The summed E-state index contributed by atoms with van der Waals surface area (Å²) in [5.41, 5.74) is 2.61. The van der Waals surface area contributed by atoms with Crippen molar-refractivity contribution >= 4 is 5.82 Å². The third-order valence-electron chi connectivity index (χ3n) is 4.81. The SMILES string of the molecule is Cc1cc(CNC2CC2)cnc1N1CC(C)C(N(C)C)C1. The van der Waals surface area contributed by atoms with Gasteiger partial charge in [-0.3, -0.25) is 0 Å². The molecule has 4 nitrogen and oxygen atoms in total. The van der Waals surface area contributed by atoms with Gasteiger partial charge in [-0.05, 0) is 57.0 Å². The van der Waals surface area contributed by atoms with Gasteiger partial charge < -0.3 is 15.1 Å². The highest BCUT2D eigenvalue weighted by Gasteiger charge is 2.32. The van der Waals surface area contributed by atoms with Crippen molar-refractivity contribution in [3.63, 3.8) is 0 Å². The van der Waals surface area contributed by atoms with Crippen molar-refractivity contribution in [1.29, 1.82) is 0 Å². The molecule has 4 heteroatoms. The van der Waals surface area contributed by atoms with E-state index in [9.17, 15) is 0 Å². The number of likely N-dealkylation sites (N-methyl/N-ethyl adjacent to an activating group) is 1. The second kappa shape index (κ2) is 5.93. The predicted octanol–water partition coefficient (Wildman–Crippen LogP) is 2.03. The maximum Gasteiger partial charge on any atom is 0.131 e. The summed E-state index contributed by atoms with van der Waals surface area (Å²) >= 11 is 0. The van der Waals surface area contributed by atoms with Crippen molar-refractivity contribution in [3.05, 3.63) is 23.4 Å². The van der Waals surface area contributed by atoms with Gasteiger partial charge in [0.1, 0.15) is 5.82 Å². The Bertz CT molecular complexity index is 496. The van der Waals surface area contributed by atoms with E-state index < -0.39 is 0 Å². The number of pyridine rings is 1. The second-order valence-corrected chi connectivity index (χ2v) is 7.05. The molecule has 1 aromatic rings. The lowest BCUT2D eigenvalue weighted by Crippen LogP contribution is -2.34. The molecule has 0 amide bonds. The Morgan fingerprint density at radius 2 is 2.10 bits per heavy atom. The van der Waals surface area contributed by atoms with Crippen LogP contribution in [0.15, 0.2) is 12.3 Å². The van der Waals surface area contributed by atoms with Crippen LogP contribution in [0.3, 0.4) is 0 Å². The summed E-state index contributed by atoms with van der Waals surface area (Å²) in [5.74, 6) is 1.86. The van der Waals surface area contributed by atoms with Crippen LogP contribution < -0.4 is 10.2 Å². The third-order valence-corrected chi connectivity index (χ3v) is 4.81. The lowest BCUT2D eigenvalue weighted by atomic mass is 10.1. The molecule has 1 N–H and O–H groups in total. The Morgan fingerprint density at radius 1 is 1.33 bits per heavy atom. The highest BCUT2D eigenvalue weighted by atomic mass is 15.3. The zero-order valence-electron chi connectivity index (χ0n) is 13.8. The fraction of sp³-hybridized carbons (Fsp3) is 0.706. The van der Waals surface area contributed by atoms with Crippen LogP contribution in [-0.2, 0) is 6.54 Å². The van der Waals surface area contributed by atoms with Gasteiger partial charge in [-0.15, -0.1) is 0 Å². The van der Waals surface area contributed by atoms with E-state index in [1.165, 1.54) is 29.8 Å². The van der Waals surface area contributed by atoms with Crippen molar-refractivity contribution in [2.75, 3.05) is 32.1 Å². The molecule has 2 unspecified atom stereocenters. The quantitative estimate of drug-likeness (QED) is 0.898. The first-order valence-electron chi connectivity index (χ1n) is 8.15. The first-order valence-corrected chi connectivity index (χ1v) is 8.15. The average Bonchev–Trinajstić information content (AvgIpc) is 3.18. The van der Waals surface area contributed by atoms with Gasteiger partial charge in [-0.2, -0.15) is 0 Å². The highest BCUT2D eigenvalue weighted by Crippen LogP contribution is 2.27. The molecule has 116 valence electrons. The molecule has 2 atom stereocenters. The summed E-state index contributed by atoms with van der Waals surface area (Å²) in [6.07, 6.45) is 4.72. The summed E-state index contributed by atoms with van der Waals surface area (Å²) in [6, 6.07) is 3.68. The Hall–Kier alpha value is -1.13. The van der Waals surface area contributed by atoms with Gasteiger partial charge in [0.25, 0.3) is 0 Å². The van der Waals surface area contributed by atoms with Crippen molar-refractivity contribution in [1.82, 2.24) is 15.2 Å². The lowest BCUT2D eigenvalue weighted by molar-refractivity contribution is 0.266. The Labute approximate surface area is 128 Å². The normalized spacial score (nSPS) is 25.9. The topological polar surface area (TPSA) is 31.4 Å². The van der Waals surface area contributed by atoms with Gasteiger partial charge in [0, 0.05) is 37.9 Å². The van der Waals surface area contributed by atoms with Crippen molar-refractivity contribution in [3.8, 4) is 0 Å². The molecule has 2 fully saturated rings. The highest BCUT2D eigenvalue weighted by molar-refractivity contribution is 5.48. The molecule has 0 bridgehead atoms. The maximum absolute atomic E-state index is 4.75. The van der Waals surface area contributed by atoms with E-state index in [0.717, 1.165) is 25.7 Å². The van der Waals surface area contributed by atoms with E-state index in [2.05, 4.69) is 49.1 Å². The number of hydrogen-bond acceptors (Lipinski definition) is 4. The molecule has 1 aliphatic heterocycles. The number of nitrogens with one attached hydrogen (secondary N) is 1. The van der Waals surface area contributed by atoms with Crippen LogP contribution in [0.1, 0.15) is 30.9 Å². The summed E-state index contributed by atoms with van der Waals surface area (Å²) in [5, 5.41) is 3.56. The van der Waals surface area contributed by atoms with E-state index in [1.54, 1.807) is 0 Å². The average molecular weight is 288 g/mol. The Balaban J connectivity index is 1.67.